The molecule has 1 amide bonds. The molecule has 0 atom stereocenters. The molecule has 1 aromatic rings. The highest BCUT2D eigenvalue weighted by atomic mass is 79.9. The van der Waals surface area contributed by atoms with Crippen molar-refractivity contribution >= 4 is 21.8 Å². The van der Waals surface area contributed by atoms with Gasteiger partial charge in [0.2, 0.25) is 0 Å². The van der Waals surface area contributed by atoms with Crippen LogP contribution >= 0.6 is 15.9 Å². The third-order valence-electron chi connectivity index (χ3n) is 2.87. The van der Waals surface area contributed by atoms with Crippen molar-refractivity contribution in [1.82, 2.24) is 4.90 Å². The number of ether oxygens (including phenoxy) is 1. The summed E-state index contributed by atoms with van der Waals surface area (Å²) in [6.07, 6.45) is 2.60. The second kappa shape index (κ2) is 4.92. The number of nitrogens with zero attached hydrogens (tertiary/aromatic N) is 1. The first-order chi connectivity index (χ1) is 8.17. The van der Waals surface area contributed by atoms with Gasteiger partial charge in [0.15, 0.2) is 0 Å². The molecule has 17 heavy (non-hydrogen) atoms. The van der Waals surface area contributed by atoms with Gasteiger partial charge in [-0.05, 0) is 24.1 Å². The fourth-order valence-corrected chi connectivity index (χ4v) is 2.57. The van der Waals surface area contributed by atoms with Crippen LogP contribution in [0.3, 0.4) is 0 Å². The van der Waals surface area contributed by atoms with Crippen LogP contribution in [0, 0.1) is 0 Å². The van der Waals surface area contributed by atoms with Gasteiger partial charge in [-0.25, -0.2) is 0 Å². The molecule has 0 aromatic heterocycles. The maximum Gasteiger partial charge on any atom is 0.258 e. The topological polar surface area (TPSA) is 29.5 Å². The largest absolute Gasteiger partial charge is 0.496 e. The number of benzene rings is 1. The Morgan fingerprint density at radius 1 is 1.59 bits per heavy atom. The van der Waals surface area contributed by atoms with E-state index in [-0.39, 0.29) is 5.91 Å². The molecule has 1 aromatic carbocycles. The highest BCUT2D eigenvalue weighted by molar-refractivity contribution is 9.10. The molecule has 1 aliphatic heterocycles. The summed E-state index contributed by atoms with van der Waals surface area (Å²) in [5.41, 5.74) is 1.73. The number of hydrogen-bond acceptors (Lipinski definition) is 2. The lowest BCUT2D eigenvalue weighted by molar-refractivity contribution is 0.0755. The van der Waals surface area contributed by atoms with Crippen molar-refractivity contribution in [3.63, 3.8) is 0 Å². The molecule has 3 nitrogen and oxygen atoms in total. The molecule has 90 valence electrons. The summed E-state index contributed by atoms with van der Waals surface area (Å²) in [6.45, 7) is 4.98. The number of amides is 1. The Balaban J connectivity index is 2.47. The summed E-state index contributed by atoms with van der Waals surface area (Å²) >= 11 is 3.43. The van der Waals surface area contributed by atoms with Crippen molar-refractivity contribution in [2.24, 2.45) is 0 Å². The van der Waals surface area contributed by atoms with Crippen LogP contribution in [0.15, 0.2) is 29.3 Å². The van der Waals surface area contributed by atoms with E-state index in [1.807, 2.05) is 12.1 Å². The van der Waals surface area contributed by atoms with Gasteiger partial charge in [0, 0.05) is 17.6 Å². The van der Waals surface area contributed by atoms with E-state index in [2.05, 4.69) is 22.5 Å². The first-order valence-electron chi connectivity index (χ1n) is 5.44. The van der Waals surface area contributed by atoms with Crippen LogP contribution < -0.4 is 4.74 Å². The third kappa shape index (κ3) is 2.22. The van der Waals surface area contributed by atoms with Gasteiger partial charge in [0.1, 0.15) is 5.75 Å². The van der Waals surface area contributed by atoms with Gasteiger partial charge >= 0.3 is 0 Å². The van der Waals surface area contributed by atoms with E-state index in [9.17, 15) is 4.79 Å². The van der Waals surface area contributed by atoms with Crippen molar-refractivity contribution in [2.75, 3.05) is 20.2 Å². The number of methoxy groups -OCH3 is 1. The minimum Gasteiger partial charge on any atom is -0.496 e. The molecule has 0 aliphatic carbocycles. The monoisotopic (exact) mass is 295 g/mol. The third-order valence-corrected chi connectivity index (χ3v) is 3.33. The Bertz CT molecular complexity index is 453. The predicted molar refractivity (Wildman–Crippen MR) is 70.5 cm³/mol. The number of carbonyl (C=O) groups excluding carboxylic acids is 1. The van der Waals surface area contributed by atoms with Crippen LogP contribution in [0.25, 0.3) is 0 Å². The average Bonchev–Trinajstić information content (AvgIpc) is 2.31. The molecular weight excluding hydrogens is 282 g/mol. The van der Waals surface area contributed by atoms with Crippen LogP contribution in [0.1, 0.15) is 15.9 Å². The summed E-state index contributed by atoms with van der Waals surface area (Å²) in [4.78, 5) is 14.1. The zero-order chi connectivity index (χ0) is 12.4. The Kier molecular flexibility index (Phi) is 3.52. The van der Waals surface area contributed by atoms with Gasteiger partial charge < -0.3 is 9.64 Å². The minimum atomic E-state index is 0.0236. The summed E-state index contributed by atoms with van der Waals surface area (Å²) < 4.78 is 6.23. The molecule has 2 rings (SSSR count). The molecule has 1 heterocycles. The average molecular weight is 296 g/mol. The summed E-state index contributed by atoms with van der Waals surface area (Å²) in [7, 11) is 1.59. The van der Waals surface area contributed by atoms with Gasteiger partial charge in [-0.1, -0.05) is 22.0 Å². The van der Waals surface area contributed by atoms with Crippen LogP contribution in [0.5, 0.6) is 5.75 Å². The molecule has 0 spiro atoms. The fraction of sp³-hybridized carbons (Fsp3) is 0.308. The minimum absolute atomic E-state index is 0.0236. The van der Waals surface area contributed by atoms with Gasteiger partial charge in [-0.15, -0.1) is 6.58 Å². The molecule has 0 fully saturated rings. The van der Waals surface area contributed by atoms with Crippen molar-refractivity contribution in [2.45, 2.75) is 6.42 Å². The number of carbonyl (C=O) groups is 1. The van der Waals surface area contributed by atoms with Crippen molar-refractivity contribution in [3.05, 3.63) is 40.4 Å². The SMILES string of the molecule is C=CCN1CCc2cc(Br)cc(OC)c2C1=O. The summed E-state index contributed by atoms with van der Waals surface area (Å²) in [6, 6.07) is 3.81. The lowest BCUT2D eigenvalue weighted by Gasteiger charge is -2.28. The van der Waals surface area contributed by atoms with Crippen molar-refractivity contribution in [1.29, 1.82) is 0 Å². The van der Waals surface area contributed by atoms with E-state index in [0.29, 0.717) is 17.9 Å². The number of fused-ring (bicyclic) bond motifs is 1. The molecule has 4 heteroatoms. The zero-order valence-electron chi connectivity index (χ0n) is 9.70. The molecule has 0 N–H and O–H groups in total. The molecule has 1 aliphatic rings. The lowest BCUT2D eigenvalue weighted by Crippen LogP contribution is -2.37. The molecule has 0 saturated heterocycles. The zero-order valence-corrected chi connectivity index (χ0v) is 11.3. The Labute approximate surface area is 109 Å². The van der Waals surface area contributed by atoms with E-state index in [4.69, 9.17) is 4.74 Å². The van der Waals surface area contributed by atoms with Crippen molar-refractivity contribution in [3.8, 4) is 5.75 Å². The second-order valence-corrected chi connectivity index (χ2v) is 4.85. The Morgan fingerprint density at radius 2 is 2.35 bits per heavy atom. The highest BCUT2D eigenvalue weighted by Gasteiger charge is 2.27. The smallest absolute Gasteiger partial charge is 0.258 e. The van der Waals surface area contributed by atoms with E-state index in [1.54, 1.807) is 18.1 Å². The quantitative estimate of drug-likeness (QED) is 0.803. The van der Waals surface area contributed by atoms with E-state index in [0.717, 1.165) is 23.0 Å². The van der Waals surface area contributed by atoms with Crippen LogP contribution in [0.4, 0.5) is 0 Å². The van der Waals surface area contributed by atoms with Gasteiger partial charge in [0.25, 0.3) is 5.91 Å². The summed E-state index contributed by atoms with van der Waals surface area (Å²) in [5.74, 6) is 0.656. The van der Waals surface area contributed by atoms with Crippen LogP contribution in [0.2, 0.25) is 0 Å². The maximum absolute atomic E-state index is 12.3. The molecule has 0 unspecified atom stereocenters. The number of rotatable bonds is 3. The van der Waals surface area contributed by atoms with Gasteiger partial charge in [-0.3, -0.25) is 4.79 Å². The van der Waals surface area contributed by atoms with E-state index in [1.165, 1.54) is 0 Å². The van der Waals surface area contributed by atoms with Crippen LogP contribution in [-0.2, 0) is 6.42 Å². The van der Waals surface area contributed by atoms with E-state index >= 15 is 0 Å². The first-order valence-corrected chi connectivity index (χ1v) is 6.23. The number of halogens is 1. The van der Waals surface area contributed by atoms with Gasteiger partial charge in [0.05, 0.1) is 12.7 Å². The lowest BCUT2D eigenvalue weighted by atomic mass is 9.98. The van der Waals surface area contributed by atoms with E-state index < -0.39 is 0 Å². The standard InChI is InChI=1S/C13H14BrNO2/c1-3-5-15-6-4-9-7-10(14)8-11(17-2)12(9)13(15)16/h3,7-8H,1,4-6H2,2H3. The summed E-state index contributed by atoms with van der Waals surface area (Å²) in [5, 5.41) is 0. The van der Waals surface area contributed by atoms with Crippen molar-refractivity contribution < 1.29 is 9.53 Å². The molecule has 0 radical (unpaired) electrons. The molecule has 0 bridgehead atoms. The molecule has 0 saturated carbocycles. The Morgan fingerprint density at radius 3 is 3.00 bits per heavy atom. The fourth-order valence-electron chi connectivity index (χ4n) is 2.08. The Hall–Kier alpha value is -1.29. The van der Waals surface area contributed by atoms with Crippen LogP contribution in [-0.4, -0.2) is 31.0 Å². The highest BCUT2D eigenvalue weighted by Crippen LogP contribution is 2.31. The predicted octanol–water partition coefficient (Wildman–Crippen LogP) is 2.64. The maximum atomic E-state index is 12.3. The normalized spacial score (nSPS) is 14.5. The molecular formula is C13H14BrNO2. The number of hydrogen-bond donors (Lipinski definition) is 0. The first kappa shape index (κ1) is 12.2. The van der Waals surface area contributed by atoms with Gasteiger partial charge in [-0.2, -0.15) is 0 Å². The second-order valence-electron chi connectivity index (χ2n) is 3.93.